The predicted molar refractivity (Wildman–Crippen MR) is 118 cm³/mol. The first kappa shape index (κ1) is 19.8. The smallest absolute Gasteiger partial charge is 0.410 e. The maximum Gasteiger partial charge on any atom is 0.410 e. The Balaban J connectivity index is 1.44. The minimum atomic E-state index is -0.485. The molecule has 0 bridgehead atoms. The molecule has 2 aliphatic rings. The number of aromatic nitrogens is 3. The molecule has 7 heteroatoms. The van der Waals surface area contributed by atoms with Crippen molar-refractivity contribution in [2.75, 3.05) is 20.2 Å². The van der Waals surface area contributed by atoms with E-state index in [-0.39, 0.29) is 11.5 Å². The summed E-state index contributed by atoms with van der Waals surface area (Å²) >= 11 is 0. The van der Waals surface area contributed by atoms with Crippen molar-refractivity contribution in [1.29, 1.82) is 0 Å². The molecular formula is C24H28N4O3. The molecule has 4 heterocycles. The van der Waals surface area contributed by atoms with Crippen molar-refractivity contribution in [3.63, 3.8) is 0 Å². The molecule has 1 amide bonds. The van der Waals surface area contributed by atoms with E-state index in [1.165, 1.54) is 5.69 Å². The summed E-state index contributed by atoms with van der Waals surface area (Å²) in [5.74, 6) is 0.805. The second-order valence-corrected chi connectivity index (χ2v) is 9.57. The van der Waals surface area contributed by atoms with E-state index < -0.39 is 5.60 Å². The Morgan fingerprint density at radius 3 is 2.74 bits per heavy atom. The van der Waals surface area contributed by atoms with Gasteiger partial charge >= 0.3 is 6.09 Å². The number of carbonyl (C=O) groups excluding carboxylic acids is 1. The van der Waals surface area contributed by atoms with Gasteiger partial charge in [-0.3, -0.25) is 9.67 Å². The Hall–Kier alpha value is -3.09. The first-order valence-corrected chi connectivity index (χ1v) is 10.8. The highest BCUT2D eigenvalue weighted by Gasteiger charge is 2.47. The third-order valence-corrected chi connectivity index (χ3v) is 6.33. The van der Waals surface area contributed by atoms with Gasteiger partial charge in [0.2, 0.25) is 0 Å². The summed E-state index contributed by atoms with van der Waals surface area (Å²) in [6.07, 6.45) is 3.57. The van der Waals surface area contributed by atoms with E-state index >= 15 is 0 Å². The number of hydrogen-bond acceptors (Lipinski definition) is 5. The standard InChI is InChI=1S/C24H28N4O3/c1-23(2,3)31-22(29)27-10-8-24(15-27)9-11-28-21(24)13-19(26-28)16-12-17-18(25-14-16)6-5-7-20(17)30-4/h5-7,12-14H,8-11,15H2,1-4H3. The van der Waals surface area contributed by atoms with E-state index in [1.54, 1.807) is 7.11 Å². The summed E-state index contributed by atoms with van der Waals surface area (Å²) in [6.45, 7) is 7.96. The van der Waals surface area contributed by atoms with Crippen LogP contribution in [-0.2, 0) is 16.7 Å². The molecule has 1 saturated heterocycles. The van der Waals surface area contributed by atoms with E-state index in [0.717, 1.165) is 47.3 Å². The SMILES string of the molecule is COc1cccc2ncc(-c3cc4n(n3)CCC43CCN(C(=O)OC(C)(C)C)C3)cc12. The summed E-state index contributed by atoms with van der Waals surface area (Å²) in [5.41, 5.74) is 3.44. The molecule has 0 N–H and O–H groups in total. The predicted octanol–water partition coefficient (Wildman–Crippen LogP) is 4.39. The Labute approximate surface area is 182 Å². The van der Waals surface area contributed by atoms with Crippen molar-refractivity contribution in [1.82, 2.24) is 19.7 Å². The molecule has 1 spiro atoms. The zero-order chi connectivity index (χ0) is 21.8. The molecule has 7 nitrogen and oxygen atoms in total. The van der Waals surface area contributed by atoms with Crippen LogP contribution in [0.15, 0.2) is 36.5 Å². The third-order valence-electron chi connectivity index (χ3n) is 6.33. The molecule has 2 aliphatic heterocycles. The molecule has 2 aromatic heterocycles. The number of ether oxygens (including phenoxy) is 2. The highest BCUT2D eigenvalue weighted by molar-refractivity contribution is 5.88. The van der Waals surface area contributed by atoms with E-state index in [4.69, 9.17) is 14.6 Å². The molecule has 3 aromatic rings. The molecule has 162 valence electrons. The minimum absolute atomic E-state index is 0.0515. The van der Waals surface area contributed by atoms with Gasteiger partial charge in [-0.15, -0.1) is 0 Å². The Kier molecular flexibility index (Phi) is 4.46. The fourth-order valence-electron chi connectivity index (χ4n) is 4.81. The van der Waals surface area contributed by atoms with Gasteiger partial charge in [-0.05, 0) is 57.9 Å². The fraction of sp³-hybridized carbons (Fsp3) is 0.458. The quantitative estimate of drug-likeness (QED) is 0.615. The number of benzene rings is 1. The van der Waals surface area contributed by atoms with Gasteiger partial charge < -0.3 is 14.4 Å². The van der Waals surface area contributed by atoms with Gasteiger partial charge in [0.15, 0.2) is 0 Å². The van der Waals surface area contributed by atoms with E-state index in [0.29, 0.717) is 13.1 Å². The maximum atomic E-state index is 12.6. The lowest BCUT2D eigenvalue weighted by Gasteiger charge is -2.26. The minimum Gasteiger partial charge on any atom is -0.496 e. The molecular weight excluding hydrogens is 392 g/mol. The molecule has 0 saturated carbocycles. The lowest BCUT2D eigenvalue weighted by atomic mass is 9.82. The number of nitrogens with zero attached hydrogens (tertiary/aromatic N) is 4. The summed E-state index contributed by atoms with van der Waals surface area (Å²) < 4.78 is 13.2. The van der Waals surface area contributed by atoms with Crippen molar-refractivity contribution in [3.8, 4) is 17.0 Å². The van der Waals surface area contributed by atoms with Crippen LogP contribution < -0.4 is 4.74 Å². The van der Waals surface area contributed by atoms with Gasteiger partial charge in [0.25, 0.3) is 0 Å². The molecule has 1 atom stereocenters. The van der Waals surface area contributed by atoms with Crippen LogP contribution in [0.3, 0.4) is 0 Å². The average molecular weight is 421 g/mol. The van der Waals surface area contributed by atoms with Gasteiger partial charge in [0.1, 0.15) is 11.4 Å². The molecule has 1 fully saturated rings. The van der Waals surface area contributed by atoms with Crippen LogP contribution in [0.25, 0.3) is 22.2 Å². The largest absolute Gasteiger partial charge is 0.496 e. The normalized spacial score (nSPS) is 20.5. The number of hydrogen-bond donors (Lipinski definition) is 0. The summed E-state index contributed by atoms with van der Waals surface area (Å²) in [5, 5.41) is 5.85. The van der Waals surface area contributed by atoms with E-state index in [9.17, 15) is 4.79 Å². The van der Waals surface area contributed by atoms with Gasteiger partial charge in [0.05, 0.1) is 18.3 Å². The second-order valence-electron chi connectivity index (χ2n) is 9.57. The fourth-order valence-corrected chi connectivity index (χ4v) is 4.81. The van der Waals surface area contributed by atoms with Gasteiger partial charge in [0, 0.05) is 47.9 Å². The van der Waals surface area contributed by atoms with Crippen molar-refractivity contribution >= 4 is 17.0 Å². The van der Waals surface area contributed by atoms with Gasteiger partial charge in [-0.2, -0.15) is 5.10 Å². The van der Waals surface area contributed by atoms with E-state index in [1.807, 2.05) is 50.1 Å². The number of fused-ring (bicyclic) bond motifs is 3. The molecule has 1 aromatic carbocycles. The van der Waals surface area contributed by atoms with Crippen molar-refractivity contribution in [2.24, 2.45) is 0 Å². The van der Waals surface area contributed by atoms with Crippen LogP contribution in [0.4, 0.5) is 4.79 Å². The molecule has 1 unspecified atom stereocenters. The number of likely N-dealkylation sites (tertiary alicyclic amines) is 1. The Morgan fingerprint density at radius 1 is 1.16 bits per heavy atom. The molecule has 31 heavy (non-hydrogen) atoms. The zero-order valence-corrected chi connectivity index (χ0v) is 18.5. The lowest BCUT2D eigenvalue weighted by molar-refractivity contribution is 0.0284. The summed E-state index contributed by atoms with van der Waals surface area (Å²) in [4.78, 5) is 19.0. The molecule has 0 aliphatic carbocycles. The lowest BCUT2D eigenvalue weighted by Crippen LogP contribution is -2.37. The van der Waals surface area contributed by atoms with Crippen LogP contribution in [0.2, 0.25) is 0 Å². The Bertz CT molecular complexity index is 1160. The number of rotatable bonds is 2. The van der Waals surface area contributed by atoms with Crippen LogP contribution in [0.1, 0.15) is 39.3 Å². The van der Waals surface area contributed by atoms with Crippen LogP contribution >= 0.6 is 0 Å². The number of aryl methyl sites for hydroxylation is 1. The maximum absolute atomic E-state index is 12.6. The monoisotopic (exact) mass is 420 g/mol. The first-order chi connectivity index (χ1) is 14.8. The highest BCUT2D eigenvalue weighted by Crippen LogP contribution is 2.44. The summed E-state index contributed by atoms with van der Waals surface area (Å²) in [7, 11) is 1.67. The van der Waals surface area contributed by atoms with Gasteiger partial charge in [-0.1, -0.05) is 6.07 Å². The summed E-state index contributed by atoms with van der Waals surface area (Å²) in [6, 6.07) is 10.1. The Morgan fingerprint density at radius 2 is 1.97 bits per heavy atom. The van der Waals surface area contributed by atoms with Crippen LogP contribution in [0.5, 0.6) is 5.75 Å². The van der Waals surface area contributed by atoms with Crippen molar-refractivity contribution < 1.29 is 14.3 Å². The zero-order valence-electron chi connectivity index (χ0n) is 18.5. The topological polar surface area (TPSA) is 69.5 Å². The van der Waals surface area contributed by atoms with Crippen molar-refractivity contribution in [2.45, 2.75) is 51.2 Å². The molecule has 0 radical (unpaired) electrons. The highest BCUT2D eigenvalue weighted by atomic mass is 16.6. The number of pyridine rings is 1. The third kappa shape index (κ3) is 3.42. The van der Waals surface area contributed by atoms with E-state index in [2.05, 4.69) is 21.8 Å². The molecule has 5 rings (SSSR count). The first-order valence-electron chi connectivity index (χ1n) is 10.8. The van der Waals surface area contributed by atoms with Gasteiger partial charge in [-0.25, -0.2) is 4.79 Å². The van der Waals surface area contributed by atoms with Crippen LogP contribution in [-0.4, -0.2) is 51.6 Å². The van der Waals surface area contributed by atoms with Crippen molar-refractivity contribution in [3.05, 3.63) is 42.2 Å². The average Bonchev–Trinajstić information content (AvgIpc) is 3.43. The van der Waals surface area contributed by atoms with Crippen LogP contribution in [0, 0.1) is 0 Å². The second kappa shape index (κ2) is 6.97. The number of amides is 1. The number of carbonyl (C=O) groups is 1. The number of methoxy groups -OCH3 is 1.